The second-order valence-electron chi connectivity index (χ2n) is 6.65. The number of carbonyl (C=O) groups is 1. The van der Waals surface area contributed by atoms with Crippen LogP contribution in [0.1, 0.15) is 30.7 Å². The van der Waals surface area contributed by atoms with Crippen molar-refractivity contribution in [1.29, 1.82) is 0 Å². The summed E-state index contributed by atoms with van der Waals surface area (Å²) in [5, 5.41) is 3.27. The summed E-state index contributed by atoms with van der Waals surface area (Å²) in [5.74, 6) is 1.77. The molecule has 7 heteroatoms. The standard InChI is InChI=1S/C18H21N5O2/c1-25-17-11-15(20-12-21-17)23-8-4-18(5-9-23)14(10-16(24)22-18)13-2-6-19-7-3-13/h2-3,6-7,11-12,14H,4-5,8-10H2,1H3,(H,22,24)/t14-/m1/s1. The molecule has 2 aromatic rings. The van der Waals surface area contributed by atoms with E-state index in [1.807, 2.05) is 18.2 Å². The number of rotatable bonds is 3. The predicted octanol–water partition coefficient (Wildman–Crippen LogP) is 1.52. The number of amides is 1. The highest BCUT2D eigenvalue weighted by Gasteiger charge is 2.48. The molecule has 4 heterocycles. The van der Waals surface area contributed by atoms with E-state index in [9.17, 15) is 4.79 Å². The average molecular weight is 339 g/mol. The predicted molar refractivity (Wildman–Crippen MR) is 92.5 cm³/mol. The van der Waals surface area contributed by atoms with E-state index >= 15 is 0 Å². The molecule has 0 bridgehead atoms. The summed E-state index contributed by atoms with van der Waals surface area (Å²) in [7, 11) is 1.60. The van der Waals surface area contributed by atoms with Gasteiger partial charge in [-0.3, -0.25) is 9.78 Å². The van der Waals surface area contributed by atoms with Crippen molar-refractivity contribution in [2.45, 2.75) is 30.7 Å². The van der Waals surface area contributed by atoms with Crippen LogP contribution in [0.3, 0.4) is 0 Å². The molecule has 1 spiro atoms. The number of hydrogen-bond acceptors (Lipinski definition) is 6. The smallest absolute Gasteiger partial charge is 0.221 e. The third-order valence-corrected chi connectivity index (χ3v) is 5.37. The number of ether oxygens (including phenoxy) is 1. The van der Waals surface area contributed by atoms with Crippen molar-refractivity contribution in [1.82, 2.24) is 20.3 Å². The molecule has 1 amide bonds. The van der Waals surface area contributed by atoms with Gasteiger partial charge < -0.3 is 15.0 Å². The molecule has 0 unspecified atom stereocenters. The van der Waals surface area contributed by atoms with Crippen LogP contribution in [0, 0.1) is 0 Å². The van der Waals surface area contributed by atoms with E-state index in [1.54, 1.807) is 19.5 Å². The van der Waals surface area contributed by atoms with Gasteiger partial charge in [-0.2, -0.15) is 0 Å². The van der Waals surface area contributed by atoms with Crippen LogP contribution < -0.4 is 15.0 Å². The van der Waals surface area contributed by atoms with Crippen LogP contribution in [0.25, 0.3) is 0 Å². The Morgan fingerprint density at radius 2 is 2.00 bits per heavy atom. The number of anilines is 1. The molecule has 2 saturated heterocycles. The van der Waals surface area contributed by atoms with E-state index in [2.05, 4.69) is 25.2 Å². The quantitative estimate of drug-likeness (QED) is 0.913. The molecule has 1 N–H and O–H groups in total. The molecule has 0 aromatic carbocycles. The molecule has 2 aromatic heterocycles. The lowest BCUT2D eigenvalue weighted by molar-refractivity contribution is -0.119. The van der Waals surface area contributed by atoms with Gasteiger partial charge in [0.2, 0.25) is 11.8 Å². The minimum absolute atomic E-state index is 0.138. The normalized spacial score (nSPS) is 22.0. The molecular weight excluding hydrogens is 318 g/mol. The highest BCUT2D eigenvalue weighted by molar-refractivity contribution is 5.81. The molecule has 7 nitrogen and oxygen atoms in total. The number of nitrogens with zero attached hydrogens (tertiary/aromatic N) is 4. The molecule has 2 aliphatic heterocycles. The first kappa shape index (κ1) is 15.8. The van der Waals surface area contributed by atoms with Gasteiger partial charge >= 0.3 is 0 Å². The lowest BCUT2D eigenvalue weighted by Crippen LogP contribution is -2.53. The average Bonchev–Trinajstić information content (AvgIpc) is 2.99. The lowest BCUT2D eigenvalue weighted by atomic mass is 9.74. The maximum atomic E-state index is 12.2. The van der Waals surface area contributed by atoms with Crippen molar-refractivity contribution in [3.63, 3.8) is 0 Å². The molecular formula is C18H21N5O2. The third kappa shape index (κ3) is 2.90. The summed E-state index contributed by atoms with van der Waals surface area (Å²) in [6, 6.07) is 5.90. The number of hydrogen-bond donors (Lipinski definition) is 1. The van der Waals surface area contributed by atoms with Crippen molar-refractivity contribution < 1.29 is 9.53 Å². The SMILES string of the molecule is COc1cc(N2CCC3(CC2)NC(=O)C[C@@H]3c2ccncc2)ncn1. The summed E-state index contributed by atoms with van der Waals surface area (Å²) < 4.78 is 5.19. The van der Waals surface area contributed by atoms with Crippen LogP contribution in [0.2, 0.25) is 0 Å². The van der Waals surface area contributed by atoms with Crippen LogP contribution in [0.15, 0.2) is 36.9 Å². The van der Waals surface area contributed by atoms with Crippen LogP contribution in [0.5, 0.6) is 5.88 Å². The van der Waals surface area contributed by atoms with Crippen LogP contribution >= 0.6 is 0 Å². The number of pyridine rings is 1. The van der Waals surface area contributed by atoms with E-state index in [1.165, 1.54) is 11.9 Å². The Balaban J connectivity index is 1.54. The Labute approximate surface area is 146 Å². The molecule has 4 rings (SSSR count). The summed E-state index contributed by atoms with van der Waals surface area (Å²) >= 11 is 0. The first-order valence-electron chi connectivity index (χ1n) is 8.52. The van der Waals surface area contributed by atoms with Crippen LogP contribution in [0.4, 0.5) is 5.82 Å². The largest absolute Gasteiger partial charge is 0.481 e. The molecule has 0 aliphatic carbocycles. The van der Waals surface area contributed by atoms with Crippen molar-refractivity contribution in [3.05, 3.63) is 42.5 Å². The minimum atomic E-state index is -0.175. The maximum Gasteiger partial charge on any atom is 0.221 e. The van der Waals surface area contributed by atoms with E-state index in [4.69, 9.17) is 4.74 Å². The number of nitrogens with one attached hydrogen (secondary N) is 1. The second kappa shape index (κ2) is 6.31. The third-order valence-electron chi connectivity index (χ3n) is 5.37. The van der Waals surface area contributed by atoms with Gasteiger partial charge in [0.25, 0.3) is 0 Å². The second-order valence-corrected chi connectivity index (χ2v) is 6.65. The Kier molecular flexibility index (Phi) is 3.99. The fraction of sp³-hybridized carbons (Fsp3) is 0.444. The number of carbonyl (C=O) groups excluding carboxylic acids is 1. The van der Waals surface area contributed by atoms with Gasteiger partial charge in [0.15, 0.2) is 0 Å². The number of piperidine rings is 1. The molecule has 130 valence electrons. The monoisotopic (exact) mass is 339 g/mol. The molecule has 2 fully saturated rings. The van der Waals surface area contributed by atoms with Crippen molar-refractivity contribution in [3.8, 4) is 5.88 Å². The van der Waals surface area contributed by atoms with Crippen LogP contribution in [-0.2, 0) is 4.79 Å². The first-order valence-corrected chi connectivity index (χ1v) is 8.52. The highest BCUT2D eigenvalue weighted by atomic mass is 16.5. The Bertz CT molecular complexity index is 759. The molecule has 1 atom stereocenters. The van der Waals surface area contributed by atoms with E-state index in [-0.39, 0.29) is 17.4 Å². The Morgan fingerprint density at radius 1 is 1.24 bits per heavy atom. The number of methoxy groups -OCH3 is 1. The van der Waals surface area contributed by atoms with Gasteiger partial charge in [0, 0.05) is 43.9 Å². The Hall–Kier alpha value is -2.70. The van der Waals surface area contributed by atoms with E-state index in [0.29, 0.717) is 12.3 Å². The zero-order valence-corrected chi connectivity index (χ0v) is 14.2. The number of aromatic nitrogens is 3. The van der Waals surface area contributed by atoms with Gasteiger partial charge in [0.05, 0.1) is 12.6 Å². The van der Waals surface area contributed by atoms with E-state index < -0.39 is 0 Å². The topological polar surface area (TPSA) is 80.2 Å². The summed E-state index contributed by atoms with van der Waals surface area (Å²) in [6.07, 6.45) is 7.44. The summed E-state index contributed by atoms with van der Waals surface area (Å²) in [6.45, 7) is 1.67. The minimum Gasteiger partial charge on any atom is -0.481 e. The van der Waals surface area contributed by atoms with Crippen molar-refractivity contribution in [2.75, 3.05) is 25.1 Å². The Morgan fingerprint density at radius 3 is 2.72 bits per heavy atom. The highest BCUT2D eigenvalue weighted by Crippen LogP contribution is 2.43. The maximum absolute atomic E-state index is 12.2. The lowest BCUT2D eigenvalue weighted by Gasteiger charge is -2.43. The fourth-order valence-electron chi connectivity index (χ4n) is 4.05. The van der Waals surface area contributed by atoms with Crippen LogP contribution in [-0.4, -0.2) is 46.6 Å². The molecule has 25 heavy (non-hydrogen) atoms. The fourth-order valence-corrected chi connectivity index (χ4v) is 4.05. The van der Waals surface area contributed by atoms with Gasteiger partial charge in [0.1, 0.15) is 12.1 Å². The zero-order chi connectivity index (χ0) is 17.3. The first-order chi connectivity index (χ1) is 12.2. The van der Waals surface area contributed by atoms with Gasteiger partial charge in [-0.15, -0.1) is 0 Å². The van der Waals surface area contributed by atoms with Crippen molar-refractivity contribution >= 4 is 11.7 Å². The molecule has 0 radical (unpaired) electrons. The van der Waals surface area contributed by atoms with Crippen molar-refractivity contribution in [2.24, 2.45) is 0 Å². The van der Waals surface area contributed by atoms with Gasteiger partial charge in [-0.1, -0.05) is 0 Å². The zero-order valence-electron chi connectivity index (χ0n) is 14.2. The van der Waals surface area contributed by atoms with Gasteiger partial charge in [-0.25, -0.2) is 9.97 Å². The molecule has 2 aliphatic rings. The summed E-state index contributed by atoms with van der Waals surface area (Å²) in [4.78, 5) is 26.9. The molecule has 0 saturated carbocycles. The summed E-state index contributed by atoms with van der Waals surface area (Å²) in [5.41, 5.74) is 1.01. The van der Waals surface area contributed by atoms with Gasteiger partial charge in [-0.05, 0) is 30.5 Å². The van der Waals surface area contributed by atoms with E-state index in [0.717, 1.165) is 31.7 Å².